The summed E-state index contributed by atoms with van der Waals surface area (Å²) in [5.41, 5.74) is 0.174. The normalized spacial score (nSPS) is 16.0. The molecule has 8 heteroatoms. The second kappa shape index (κ2) is 7.97. The molecule has 138 valence electrons. The Hall–Kier alpha value is -1.93. The summed E-state index contributed by atoms with van der Waals surface area (Å²) < 4.78 is 26.9. The van der Waals surface area contributed by atoms with Gasteiger partial charge in [-0.15, -0.1) is 0 Å². The van der Waals surface area contributed by atoms with Gasteiger partial charge in [-0.25, -0.2) is 8.42 Å². The number of aliphatic carboxylic acids is 1. The van der Waals surface area contributed by atoms with Crippen molar-refractivity contribution in [2.45, 2.75) is 44.0 Å². The lowest BCUT2D eigenvalue weighted by Gasteiger charge is -2.27. The predicted octanol–water partition coefficient (Wildman–Crippen LogP) is 1.80. The molecule has 1 aromatic carbocycles. The zero-order valence-corrected chi connectivity index (χ0v) is 15.3. The van der Waals surface area contributed by atoms with Crippen LogP contribution in [0.4, 0.5) is 0 Å². The Morgan fingerprint density at radius 3 is 2.40 bits per heavy atom. The number of nitrogens with zero attached hydrogens (tertiary/aromatic N) is 2. The fourth-order valence-electron chi connectivity index (χ4n) is 2.84. The van der Waals surface area contributed by atoms with E-state index in [0.29, 0.717) is 13.1 Å². The molecule has 1 amide bonds. The van der Waals surface area contributed by atoms with Crippen molar-refractivity contribution in [3.8, 4) is 0 Å². The second-order valence-corrected chi connectivity index (χ2v) is 8.35. The lowest BCUT2D eigenvalue weighted by molar-refractivity contribution is -0.138. The molecule has 1 heterocycles. The Balaban J connectivity index is 2.31. The Kier molecular flexibility index (Phi) is 6.18. The van der Waals surface area contributed by atoms with Gasteiger partial charge >= 0.3 is 5.97 Å². The summed E-state index contributed by atoms with van der Waals surface area (Å²) in [5.74, 6) is -1.60. The highest BCUT2D eigenvalue weighted by atomic mass is 32.2. The van der Waals surface area contributed by atoms with E-state index in [2.05, 4.69) is 0 Å². The number of rotatable bonds is 6. The molecule has 0 saturated carbocycles. The summed E-state index contributed by atoms with van der Waals surface area (Å²) in [6.07, 6.45) is 2.68. The maximum absolute atomic E-state index is 12.8. The SMILES string of the molecule is CC(C)N(CC(=O)O)C(=O)c1cccc(S(=O)(=O)N2CCCCC2)c1. The second-order valence-electron chi connectivity index (χ2n) is 6.41. The molecular formula is C17H24N2O5S. The number of benzene rings is 1. The minimum absolute atomic E-state index is 0.0688. The lowest BCUT2D eigenvalue weighted by atomic mass is 10.1. The van der Waals surface area contributed by atoms with E-state index in [4.69, 9.17) is 5.11 Å². The molecule has 1 aromatic rings. The van der Waals surface area contributed by atoms with E-state index in [9.17, 15) is 18.0 Å². The van der Waals surface area contributed by atoms with Crippen LogP contribution < -0.4 is 0 Å². The minimum atomic E-state index is -3.64. The average Bonchev–Trinajstić information content (AvgIpc) is 2.59. The van der Waals surface area contributed by atoms with Crippen LogP contribution in [0.3, 0.4) is 0 Å². The van der Waals surface area contributed by atoms with Gasteiger partial charge in [0.2, 0.25) is 10.0 Å². The van der Waals surface area contributed by atoms with Gasteiger partial charge in [-0.3, -0.25) is 9.59 Å². The molecule has 1 fully saturated rings. The zero-order chi connectivity index (χ0) is 18.6. The topological polar surface area (TPSA) is 95.0 Å². The van der Waals surface area contributed by atoms with Crippen molar-refractivity contribution in [3.05, 3.63) is 29.8 Å². The van der Waals surface area contributed by atoms with E-state index >= 15 is 0 Å². The molecule has 1 aliphatic rings. The molecular weight excluding hydrogens is 344 g/mol. The first-order valence-corrected chi connectivity index (χ1v) is 9.80. The Morgan fingerprint density at radius 1 is 1.20 bits per heavy atom. The van der Waals surface area contributed by atoms with Crippen LogP contribution in [0.1, 0.15) is 43.5 Å². The monoisotopic (exact) mass is 368 g/mol. The first-order chi connectivity index (χ1) is 11.7. The van der Waals surface area contributed by atoms with Crippen LogP contribution in [0, 0.1) is 0 Å². The van der Waals surface area contributed by atoms with Gasteiger partial charge < -0.3 is 10.0 Å². The van der Waals surface area contributed by atoms with Gasteiger partial charge in [0.15, 0.2) is 0 Å². The molecule has 0 radical (unpaired) electrons. The third-order valence-electron chi connectivity index (χ3n) is 4.22. The van der Waals surface area contributed by atoms with Crippen molar-refractivity contribution >= 4 is 21.9 Å². The van der Waals surface area contributed by atoms with Gasteiger partial charge in [0.1, 0.15) is 6.54 Å². The fourth-order valence-corrected chi connectivity index (χ4v) is 4.41. The summed E-state index contributed by atoms with van der Waals surface area (Å²) in [6, 6.07) is 5.52. The van der Waals surface area contributed by atoms with E-state index in [0.717, 1.165) is 19.3 Å². The van der Waals surface area contributed by atoms with Crippen molar-refractivity contribution in [3.63, 3.8) is 0 Å². The third-order valence-corrected chi connectivity index (χ3v) is 6.12. The molecule has 0 aromatic heterocycles. The van der Waals surface area contributed by atoms with Gasteiger partial charge in [0.25, 0.3) is 5.91 Å². The number of hydrogen-bond donors (Lipinski definition) is 1. The van der Waals surface area contributed by atoms with Crippen LogP contribution in [0.2, 0.25) is 0 Å². The molecule has 0 bridgehead atoms. The lowest BCUT2D eigenvalue weighted by Crippen LogP contribution is -2.40. The van der Waals surface area contributed by atoms with Gasteiger partial charge in [-0.1, -0.05) is 12.5 Å². The van der Waals surface area contributed by atoms with Gasteiger partial charge in [-0.05, 0) is 44.9 Å². The molecule has 1 N–H and O–H groups in total. The van der Waals surface area contributed by atoms with E-state index in [1.165, 1.54) is 33.5 Å². The van der Waals surface area contributed by atoms with Crippen molar-refractivity contribution < 1.29 is 23.1 Å². The molecule has 25 heavy (non-hydrogen) atoms. The number of carbonyl (C=O) groups excluding carboxylic acids is 1. The van der Waals surface area contributed by atoms with Gasteiger partial charge in [0.05, 0.1) is 4.90 Å². The highest BCUT2D eigenvalue weighted by Crippen LogP contribution is 2.22. The molecule has 0 aliphatic carbocycles. The summed E-state index contributed by atoms with van der Waals surface area (Å²) in [6.45, 7) is 3.97. The van der Waals surface area contributed by atoms with Crippen LogP contribution >= 0.6 is 0 Å². The van der Waals surface area contributed by atoms with Crippen LogP contribution in [-0.4, -0.2) is 60.3 Å². The molecule has 0 unspecified atom stereocenters. The van der Waals surface area contributed by atoms with Crippen LogP contribution in [0.25, 0.3) is 0 Å². The molecule has 7 nitrogen and oxygen atoms in total. The smallest absolute Gasteiger partial charge is 0.323 e. The quantitative estimate of drug-likeness (QED) is 0.826. The Bertz CT molecular complexity index is 739. The molecule has 2 rings (SSSR count). The number of hydrogen-bond acceptors (Lipinski definition) is 4. The standard InChI is InChI=1S/C17H24N2O5S/c1-13(2)19(12-16(20)21)17(22)14-7-6-8-15(11-14)25(23,24)18-9-4-3-5-10-18/h6-8,11,13H,3-5,9-10,12H2,1-2H3,(H,20,21). The number of carboxylic acid groups (broad SMARTS) is 1. The highest BCUT2D eigenvalue weighted by molar-refractivity contribution is 7.89. The number of piperidine rings is 1. The van der Waals surface area contributed by atoms with Crippen LogP contribution in [0.5, 0.6) is 0 Å². The summed E-state index contributed by atoms with van der Waals surface area (Å²) in [5, 5.41) is 8.99. The van der Waals surface area contributed by atoms with Crippen molar-refractivity contribution in [1.29, 1.82) is 0 Å². The predicted molar refractivity (Wildman–Crippen MR) is 92.9 cm³/mol. The van der Waals surface area contributed by atoms with E-state index in [1.807, 2.05) is 0 Å². The highest BCUT2D eigenvalue weighted by Gasteiger charge is 2.28. The zero-order valence-electron chi connectivity index (χ0n) is 14.5. The van der Waals surface area contributed by atoms with Crippen molar-refractivity contribution in [1.82, 2.24) is 9.21 Å². The Morgan fingerprint density at radius 2 is 1.84 bits per heavy atom. The van der Waals surface area contributed by atoms with Crippen molar-refractivity contribution in [2.24, 2.45) is 0 Å². The van der Waals surface area contributed by atoms with Crippen LogP contribution in [-0.2, 0) is 14.8 Å². The van der Waals surface area contributed by atoms with E-state index < -0.39 is 28.4 Å². The fraction of sp³-hybridized carbons (Fsp3) is 0.529. The molecule has 0 atom stereocenters. The summed E-state index contributed by atoms with van der Waals surface area (Å²) >= 11 is 0. The molecule has 1 saturated heterocycles. The maximum Gasteiger partial charge on any atom is 0.323 e. The third kappa shape index (κ3) is 4.58. The maximum atomic E-state index is 12.8. The average molecular weight is 368 g/mol. The summed E-state index contributed by atoms with van der Waals surface area (Å²) in [7, 11) is -3.64. The first-order valence-electron chi connectivity index (χ1n) is 8.36. The molecule has 0 spiro atoms. The molecule has 1 aliphatic heterocycles. The number of sulfonamides is 1. The van der Waals surface area contributed by atoms with Crippen LogP contribution in [0.15, 0.2) is 29.2 Å². The Labute approximate surface area is 148 Å². The number of carbonyl (C=O) groups is 2. The van der Waals surface area contributed by atoms with Gasteiger partial charge in [-0.2, -0.15) is 4.31 Å². The van der Waals surface area contributed by atoms with E-state index in [-0.39, 0.29) is 16.5 Å². The van der Waals surface area contributed by atoms with Gasteiger partial charge in [0, 0.05) is 24.7 Å². The number of carboxylic acids is 1. The van der Waals surface area contributed by atoms with E-state index in [1.54, 1.807) is 13.8 Å². The number of amides is 1. The first kappa shape index (κ1) is 19.4. The van der Waals surface area contributed by atoms with Crippen molar-refractivity contribution in [2.75, 3.05) is 19.6 Å². The minimum Gasteiger partial charge on any atom is -0.480 e. The largest absolute Gasteiger partial charge is 0.480 e. The summed E-state index contributed by atoms with van der Waals surface area (Å²) in [4.78, 5) is 24.9.